The second kappa shape index (κ2) is 11.9. The van der Waals surface area contributed by atoms with Gasteiger partial charge in [-0.15, -0.1) is 4.91 Å². The maximum absolute atomic E-state index is 13.3. The van der Waals surface area contributed by atoms with Crippen molar-refractivity contribution in [3.05, 3.63) is 114 Å². The second-order valence-corrected chi connectivity index (χ2v) is 8.39. The van der Waals surface area contributed by atoms with E-state index in [0.717, 1.165) is 14.8 Å². The number of aromatic nitrogens is 4. The van der Waals surface area contributed by atoms with E-state index in [2.05, 4.69) is 20.3 Å². The Morgan fingerprint density at radius 3 is 2.34 bits per heavy atom. The standard InChI is InChI=1S/C24H21ClN8O5/c25-17-4-2-16(3-5-17)15-32-22(33(26)24(35)31(23(32)34)13-1-11-28-36)29-18-6-8-19(9-7-18)38-20-10-12-27-21(14-20)30-37/h2-10,12,14H,1,11,13,15,26H2. The number of nitroso groups, excluding NO2 is 2. The molecule has 4 rings (SSSR count). The van der Waals surface area contributed by atoms with Crippen LogP contribution in [0.1, 0.15) is 12.0 Å². The van der Waals surface area contributed by atoms with Crippen LogP contribution in [0.5, 0.6) is 11.5 Å². The summed E-state index contributed by atoms with van der Waals surface area (Å²) in [6.45, 7) is -0.0425. The van der Waals surface area contributed by atoms with Crippen LogP contribution in [0.25, 0.3) is 0 Å². The van der Waals surface area contributed by atoms with Gasteiger partial charge in [-0.3, -0.25) is 4.57 Å². The summed E-state index contributed by atoms with van der Waals surface area (Å²) in [6.07, 6.45) is 1.59. The van der Waals surface area contributed by atoms with Crippen LogP contribution < -0.4 is 27.6 Å². The molecule has 0 amide bonds. The Morgan fingerprint density at radius 2 is 1.66 bits per heavy atom. The highest BCUT2D eigenvalue weighted by Crippen LogP contribution is 2.25. The smallest absolute Gasteiger partial charge is 0.353 e. The van der Waals surface area contributed by atoms with Crippen molar-refractivity contribution in [2.45, 2.75) is 19.5 Å². The van der Waals surface area contributed by atoms with Gasteiger partial charge in [0.15, 0.2) is 5.82 Å². The first-order chi connectivity index (χ1) is 18.4. The molecule has 0 radical (unpaired) electrons. The normalized spacial score (nSPS) is 11.3. The van der Waals surface area contributed by atoms with Crippen molar-refractivity contribution in [3.63, 3.8) is 0 Å². The van der Waals surface area contributed by atoms with Crippen molar-refractivity contribution in [1.29, 1.82) is 0 Å². The van der Waals surface area contributed by atoms with Crippen LogP contribution in [0.3, 0.4) is 0 Å². The van der Waals surface area contributed by atoms with Gasteiger partial charge in [0, 0.05) is 23.8 Å². The van der Waals surface area contributed by atoms with Gasteiger partial charge >= 0.3 is 11.4 Å². The molecule has 14 heteroatoms. The zero-order valence-corrected chi connectivity index (χ0v) is 20.6. The van der Waals surface area contributed by atoms with E-state index in [4.69, 9.17) is 22.2 Å². The number of nitrogen functional groups attached to an aromatic ring is 1. The van der Waals surface area contributed by atoms with Crippen molar-refractivity contribution >= 4 is 23.1 Å². The summed E-state index contributed by atoms with van der Waals surface area (Å²) in [7, 11) is 0. The molecule has 0 aliphatic carbocycles. The molecule has 2 heterocycles. The second-order valence-electron chi connectivity index (χ2n) is 7.95. The number of nitrogens with zero attached hydrogens (tertiary/aromatic N) is 7. The Hall–Kier alpha value is -4.91. The highest BCUT2D eigenvalue weighted by Gasteiger charge is 2.14. The van der Waals surface area contributed by atoms with Crippen LogP contribution in [0.2, 0.25) is 5.02 Å². The lowest BCUT2D eigenvalue weighted by Crippen LogP contribution is -2.57. The predicted molar refractivity (Wildman–Crippen MR) is 140 cm³/mol. The lowest BCUT2D eigenvalue weighted by Gasteiger charge is -2.14. The minimum absolute atomic E-state index is 0.0163. The molecule has 0 spiro atoms. The topological polar surface area (TPSA) is 168 Å². The van der Waals surface area contributed by atoms with E-state index >= 15 is 0 Å². The summed E-state index contributed by atoms with van der Waals surface area (Å²) in [5.41, 5.74) is -0.423. The SMILES string of the molecule is Nn1c(=O)n(CCCN=O)c(=O)n(Cc2ccc(Cl)cc2)c1=Nc1ccc(Oc2ccnc(N=O)c2)cc1. The third kappa shape index (κ3) is 6.07. The van der Waals surface area contributed by atoms with Crippen molar-refractivity contribution in [3.8, 4) is 11.5 Å². The Kier molecular flexibility index (Phi) is 8.18. The van der Waals surface area contributed by atoms with Gasteiger partial charge in [0.05, 0.1) is 18.8 Å². The summed E-state index contributed by atoms with van der Waals surface area (Å²) >= 11 is 5.98. The molecular weight excluding hydrogens is 516 g/mol. The summed E-state index contributed by atoms with van der Waals surface area (Å²) in [6, 6.07) is 16.2. The van der Waals surface area contributed by atoms with E-state index < -0.39 is 11.4 Å². The van der Waals surface area contributed by atoms with Gasteiger partial charge < -0.3 is 10.6 Å². The molecule has 4 aromatic rings. The van der Waals surface area contributed by atoms with Gasteiger partial charge in [0.1, 0.15) is 11.5 Å². The molecule has 2 aromatic heterocycles. The minimum atomic E-state index is -0.788. The molecule has 2 aromatic carbocycles. The van der Waals surface area contributed by atoms with Crippen LogP contribution in [0.4, 0.5) is 11.5 Å². The highest BCUT2D eigenvalue weighted by atomic mass is 35.5. The predicted octanol–water partition coefficient (Wildman–Crippen LogP) is 3.20. The average Bonchev–Trinajstić information content (AvgIpc) is 2.93. The molecule has 0 aliphatic heterocycles. The fourth-order valence-electron chi connectivity index (χ4n) is 3.52. The van der Waals surface area contributed by atoms with Crippen molar-refractivity contribution < 1.29 is 4.74 Å². The largest absolute Gasteiger partial charge is 0.457 e. The van der Waals surface area contributed by atoms with Crippen LogP contribution in [-0.4, -0.2) is 25.3 Å². The Morgan fingerprint density at radius 1 is 0.921 bits per heavy atom. The van der Waals surface area contributed by atoms with Gasteiger partial charge in [-0.25, -0.2) is 24.1 Å². The molecule has 0 saturated carbocycles. The third-order valence-electron chi connectivity index (χ3n) is 5.35. The maximum Gasteiger partial charge on any atom is 0.353 e. The summed E-state index contributed by atoms with van der Waals surface area (Å²) < 4.78 is 8.68. The molecular formula is C24H21ClN8O5. The monoisotopic (exact) mass is 536 g/mol. The minimum Gasteiger partial charge on any atom is -0.457 e. The van der Waals surface area contributed by atoms with Crippen LogP contribution in [0.15, 0.2) is 91.8 Å². The molecule has 0 aliphatic rings. The lowest BCUT2D eigenvalue weighted by molar-refractivity contribution is 0.480. The van der Waals surface area contributed by atoms with Crippen molar-refractivity contribution in [2.75, 3.05) is 12.4 Å². The number of hydrogen-bond donors (Lipinski definition) is 1. The quantitative estimate of drug-likeness (QED) is 0.184. The molecule has 0 unspecified atom stereocenters. The van der Waals surface area contributed by atoms with Crippen molar-refractivity contribution in [1.82, 2.24) is 18.8 Å². The molecule has 194 valence electrons. The number of hydrogen-bond acceptors (Lipinski definition) is 10. The van der Waals surface area contributed by atoms with Crippen LogP contribution in [-0.2, 0) is 13.1 Å². The van der Waals surface area contributed by atoms with E-state index in [1.807, 2.05) is 0 Å². The summed E-state index contributed by atoms with van der Waals surface area (Å²) in [4.78, 5) is 55.6. The summed E-state index contributed by atoms with van der Waals surface area (Å²) in [5, 5.41) is 6.07. The Labute approximate surface area is 219 Å². The van der Waals surface area contributed by atoms with E-state index in [1.165, 1.54) is 16.8 Å². The molecule has 13 nitrogen and oxygen atoms in total. The molecule has 38 heavy (non-hydrogen) atoms. The molecule has 0 fully saturated rings. The maximum atomic E-state index is 13.3. The highest BCUT2D eigenvalue weighted by molar-refractivity contribution is 6.30. The Balaban J connectivity index is 1.75. The molecule has 0 saturated heterocycles. The van der Waals surface area contributed by atoms with Gasteiger partial charge in [-0.05, 0) is 59.6 Å². The molecule has 0 atom stereocenters. The number of halogens is 1. The van der Waals surface area contributed by atoms with Gasteiger partial charge in [0.2, 0.25) is 5.62 Å². The average molecular weight is 537 g/mol. The van der Waals surface area contributed by atoms with Gasteiger partial charge in [-0.1, -0.05) is 28.9 Å². The number of rotatable bonds is 10. The number of nitrogens with two attached hydrogens (primary N) is 1. The number of ether oxygens (including phenoxy) is 1. The van der Waals surface area contributed by atoms with E-state index in [9.17, 15) is 19.4 Å². The van der Waals surface area contributed by atoms with Crippen molar-refractivity contribution in [2.24, 2.45) is 15.3 Å². The molecule has 0 bridgehead atoms. The molecule has 2 N–H and O–H groups in total. The summed E-state index contributed by atoms with van der Waals surface area (Å²) in [5.74, 6) is 6.89. The third-order valence-corrected chi connectivity index (χ3v) is 5.60. The fourth-order valence-corrected chi connectivity index (χ4v) is 3.65. The fraction of sp³-hybridized carbons (Fsp3) is 0.167. The number of benzene rings is 2. The number of pyridine rings is 1. The van der Waals surface area contributed by atoms with Crippen LogP contribution >= 0.6 is 11.6 Å². The van der Waals surface area contributed by atoms with Gasteiger partial charge in [0.25, 0.3) is 0 Å². The Bertz CT molecular complexity index is 1640. The van der Waals surface area contributed by atoms with Crippen LogP contribution in [0, 0.1) is 9.81 Å². The first-order valence-electron chi connectivity index (χ1n) is 11.3. The zero-order valence-electron chi connectivity index (χ0n) is 19.8. The lowest BCUT2D eigenvalue weighted by atomic mass is 10.2. The first-order valence-corrected chi connectivity index (χ1v) is 11.6. The first kappa shape index (κ1) is 26.2. The van der Waals surface area contributed by atoms with E-state index in [-0.39, 0.29) is 37.5 Å². The van der Waals surface area contributed by atoms with E-state index in [1.54, 1.807) is 54.6 Å². The van der Waals surface area contributed by atoms with E-state index in [0.29, 0.717) is 22.2 Å². The zero-order chi connectivity index (χ0) is 27.1. The van der Waals surface area contributed by atoms with Gasteiger partial charge in [-0.2, -0.15) is 9.58 Å².